The van der Waals surface area contributed by atoms with E-state index in [9.17, 15) is 0 Å². The number of furan rings is 1. The molecule has 0 aliphatic heterocycles. The van der Waals surface area contributed by atoms with Crippen molar-refractivity contribution in [2.75, 3.05) is 7.11 Å². The summed E-state index contributed by atoms with van der Waals surface area (Å²) in [6, 6.07) is 1.18. The fourth-order valence-electron chi connectivity index (χ4n) is 1.38. The number of rotatable bonds is 3. The van der Waals surface area contributed by atoms with Crippen molar-refractivity contribution < 1.29 is 9.15 Å². The van der Waals surface area contributed by atoms with E-state index < -0.39 is 6.04 Å². The lowest BCUT2D eigenvalue weighted by molar-refractivity contribution is 0.387. The Hall–Kier alpha value is -1.59. The van der Waals surface area contributed by atoms with Crippen LogP contribution in [0.1, 0.15) is 17.3 Å². The van der Waals surface area contributed by atoms with E-state index in [1.165, 1.54) is 19.6 Å². The van der Waals surface area contributed by atoms with Crippen molar-refractivity contribution >= 4 is 11.6 Å². The molecule has 6 heteroatoms. The standard InChI is InChI=1S/C10H10ClN3O2/c1-15-10-8(13-3-4-14-10)7(12)6-2-5-16-9(6)11/h2-5,7H,12H2,1H3. The predicted molar refractivity (Wildman–Crippen MR) is 58.3 cm³/mol. The third-order valence-electron chi connectivity index (χ3n) is 2.16. The monoisotopic (exact) mass is 239 g/mol. The summed E-state index contributed by atoms with van der Waals surface area (Å²) in [6.07, 6.45) is 4.55. The lowest BCUT2D eigenvalue weighted by Gasteiger charge is -2.11. The molecule has 1 atom stereocenters. The lowest BCUT2D eigenvalue weighted by atomic mass is 10.1. The highest BCUT2D eigenvalue weighted by molar-refractivity contribution is 6.29. The van der Waals surface area contributed by atoms with Crippen LogP contribution in [-0.2, 0) is 0 Å². The molecule has 0 amide bonds. The molecule has 0 saturated carbocycles. The normalized spacial score (nSPS) is 12.4. The summed E-state index contributed by atoms with van der Waals surface area (Å²) < 4.78 is 10.1. The van der Waals surface area contributed by atoms with E-state index in [1.54, 1.807) is 12.3 Å². The zero-order valence-corrected chi connectivity index (χ0v) is 9.31. The topological polar surface area (TPSA) is 74.2 Å². The summed E-state index contributed by atoms with van der Waals surface area (Å²) in [5, 5.41) is 0.250. The van der Waals surface area contributed by atoms with Crippen LogP contribution in [0.15, 0.2) is 29.1 Å². The van der Waals surface area contributed by atoms with E-state index in [-0.39, 0.29) is 5.22 Å². The molecule has 0 bridgehead atoms. The molecular weight excluding hydrogens is 230 g/mol. The van der Waals surface area contributed by atoms with Gasteiger partial charge in [0.1, 0.15) is 5.69 Å². The molecule has 0 saturated heterocycles. The second-order valence-corrected chi connectivity index (χ2v) is 3.42. The van der Waals surface area contributed by atoms with Gasteiger partial charge in [-0.3, -0.25) is 4.98 Å². The Bertz CT molecular complexity index is 486. The van der Waals surface area contributed by atoms with Crippen molar-refractivity contribution in [3.8, 4) is 5.88 Å². The second kappa shape index (κ2) is 4.51. The Kier molecular flexibility index (Phi) is 3.07. The minimum absolute atomic E-state index is 0.250. The fraction of sp³-hybridized carbons (Fsp3) is 0.200. The molecular formula is C10H10ClN3O2. The van der Waals surface area contributed by atoms with E-state index in [1.807, 2.05) is 0 Å². The van der Waals surface area contributed by atoms with Gasteiger partial charge < -0.3 is 14.9 Å². The van der Waals surface area contributed by atoms with E-state index in [0.29, 0.717) is 17.1 Å². The number of ether oxygens (including phenoxy) is 1. The van der Waals surface area contributed by atoms with Gasteiger partial charge in [0.05, 0.1) is 19.4 Å². The van der Waals surface area contributed by atoms with Gasteiger partial charge in [0, 0.05) is 18.0 Å². The van der Waals surface area contributed by atoms with Crippen LogP contribution in [0.4, 0.5) is 0 Å². The van der Waals surface area contributed by atoms with Crippen molar-refractivity contribution in [1.29, 1.82) is 0 Å². The van der Waals surface area contributed by atoms with Gasteiger partial charge in [0.25, 0.3) is 0 Å². The van der Waals surface area contributed by atoms with Crippen LogP contribution in [0.3, 0.4) is 0 Å². The zero-order valence-electron chi connectivity index (χ0n) is 8.55. The van der Waals surface area contributed by atoms with Crippen LogP contribution in [-0.4, -0.2) is 17.1 Å². The maximum atomic E-state index is 6.01. The summed E-state index contributed by atoms with van der Waals surface area (Å²) in [7, 11) is 1.51. The van der Waals surface area contributed by atoms with Gasteiger partial charge >= 0.3 is 0 Å². The molecule has 1 unspecified atom stereocenters. The first-order valence-corrected chi connectivity index (χ1v) is 4.95. The third-order valence-corrected chi connectivity index (χ3v) is 2.47. The van der Waals surface area contributed by atoms with Crippen LogP contribution in [0, 0.1) is 0 Å². The average Bonchev–Trinajstić information content (AvgIpc) is 2.74. The second-order valence-electron chi connectivity index (χ2n) is 3.08. The summed E-state index contributed by atoms with van der Waals surface area (Å²) in [5.74, 6) is 0.382. The van der Waals surface area contributed by atoms with Crippen molar-refractivity contribution in [1.82, 2.24) is 9.97 Å². The molecule has 84 valence electrons. The maximum Gasteiger partial charge on any atom is 0.237 e. The highest BCUT2D eigenvalue weighted by Gasteiger charge is 2.20. The first kappa shape index (κ1) is 10.9. The Morgan fingerprint density at radius 3 is 2.81 bits per heavy atom. The molecule has 0 fully saturated rings. The van der Waals surface area contributed by atoms with Crippen molar-refractivity contribution in [2.45, 2.75) is 6.04 Å². The van der Waals surface area contributed by atoms with E-state index in [2.05, 4.69) is 9.97 Å². The Balaban J connectivity index is 2.41. The number of halogens is 1. The number of nitrogens with two attached hydrogens (primary N) is 1. The maximum absolute atomic E-state index is 6.01. The largest absolute Gasteiger partial charge is 0.480 e. The summed E-state index contributed by atoms with van der Waals surface area (Å²) in [6.45, 7) is 0. The Morgan fingerprint density at radius 1 is 1.44 bits per heavy atom. The molecule has 0 radical (unpaired) electrons. The fourth-order valence-corrected chi connectivity index (χ4v) is 1.61. The van der Waals surface area contributed by atoms with Crippen LogP contribution >= 0.6 is 11.6 Å². The highest BCUT2D eigenvalue weighted by Crippen LogP contribution is 2.29. The summed E-state index contributed by atoms with van der Waals surface area (Å²) in [4.78, 5) is 8.15. The van der Waals surface area contributed by atoms with Gasteiger partial charge in [-0.05, 0) is 17.7 Å². The SMILES string of the molecule is COc1nccnc1C(N)c1ccoc1Cl. The number of aromatic nitrogens is 2. The van der Waals surface area contributed by atoms with Crippen molar-refractivity contribution in [2.24, 2.45) is 5.73 Å². The first-order valence-electron chi connectivity index (χ1n) is 4.57. The predicted octanol–water partition coefficient (Wildman–Crippen LogP) is 1.78. The van der Waals surface area contributed by atoms with Crippen LogP contribution in [0.2, 0.25) is 5.22 Å². The smallest absolute Gasteiger partial charge is 0.237 e. The molecule has 2 rings (SSSR count). The van der Waals surface area contributed by atoms with Crippen molar-refractivity contribution in [3.05, 3.63) is 41.2 Å². The van der Waals surface area contributed by atoms with Gasteiger partial charge in [-0.15, -0.1) is 0 Å². The van der Waals surface area contributed by atoms with Crippen molar-refractivity contribution in [3.63, 3.8) is 0 Å². The van der Waals surface area contributed by atoms with Gasteiger partial charge in [-0.1, -0.05) is 0 Å². The molecule has 0 aliphatic rings. The summed E-state index contributed by atoms with van der Waals surface area (Å²) in [5.41, 5.74) is 7.19. The van der Waals surface area contributed by atoms with Crippen LogP contribution in [0.25, 0.3) is 0 Å². The number of hydrogen-bond acceptors (Lipinski definition) is 5. The van der Waals surface area contributed by atoms with Gasteiger partial charge in [-0.2, -0.15) is 0 Å². The molecule has 2 heterocycles. The lowest BCUT2D eigenvalue weighted by Crippen LogP contribution is -2.15. The molecule has 2 aromatic heterocycles. The number of hydrogen-bond donors (Lipinski definition) is 1. The zero-order chi connectivity index (χ0) is 11.5. The number of nitrogens with zero attached hydrogens (tertiary/aromatic N) is 2. The number of methoxy groups -OCH3 is 1. The van der Waals surface area contributed by atoms with Crippen LogP contribution in [0.5, 0.6) is 5.88 Å². The van der Waals surface area contributed by atoms with Crippen LogP contribution < -0.4 is 10.5 Å². The van der Waals surface area contributed by atoms with E-state index >= 15 is 0 Å². The minimum Gasteiger partial charge on any atom is -0.480 e. The van der Waals surface area contributed by atoms with E-state index in [4.69, 9.17) is 26.5 Å². The van der Waals surface area contributed by atoms with E-state index in [0.717, 1.165) is 0 Å². The summed E-state index contributed by atoms with van der Waals surface area (Å²) >= 11 is 5.84. The quantitative estimate of drug-likeness (QED) is 0.884. The third kappa shape index (κ3) is 1.87. The molecule has 0 aliphatic carbocycles. The molecule has 2 aromatic rings. The van der Waals surface area contributed by atoms with Gasteiger partial charge in [0.2, 0.25) is 5.88 Å². The Labute approximate surface area is 97.2 Å². The Morgan fingerprint density at radius 2 is 2.19 bits per heavy atom. The van der Waals surface area contributed by atoms with Gasteiger partial charge in [-0.25, -0.2) is 4.98 Å². The molecule has 2 N–H and O–H groups in total. The minimum atomic E-state index is -0.519. The highest BCUT2D eigenvalue weighted by atomic mass is 35.5. The molecule has 16 heavy (non-hydrogen) atoms. The molecule has 5 nitrogen and oxygen atoms in total. The van der Waals surface area contributed by atoms with Gasteiger partial charge in [0.15, 0.2) is 5.22 Å². The molecule has 0 aromatic carbocycles. The average molecular weight is 240 g/mol. The molecule has 0 spiro atoms. The first-order chi connectivity index (χ1) is 7.74.